The smallest absolute Gasteiger partial charge is 0.411 e. The van der Waals surface area contributed by atoms with Crippen LogP contribution < -0.4 is 26.4 Å². The van der Waals surface area contributed by atoms with E-state index in [9.17, 15) is 29.4 Å². The van der Waals surface area contributed by atoms with Gasteiger partial charge in [-0.3, -0.25) is 19.7 Å². The molecular formula is C50H54N6O7. The fraction of sp³-hybridized carbons (Fsp3) is 0.280. The minimum absolute atomic E-state index is 0.00788. The van der Waals surface area contributed by atoms with Crippen LogP contribution in [0.25, 0.3) is 22.0 Å². The van der Waals surface area contributed by atoms with Crippen molar-refractivity contribution < 1.29 is 29.3 Å². The van der Waals surface area contributed by atoms with Crippen molar-refractivity contribution in [3.8, 4) is 16.9 Å². The summed E-state index contributed by atoms with van der Waals surface area (Å²) in [5.41, 5.74) is 6.73. The van der Waals surface area contributed by atoms with Gasteiger partial charge in [-0.15, -0.1) is 0 Å². The van der Waals surface area contributed by atoms with Gasteiger partial charge in [-0.05, 0) is 77.9 Å². The van der Waals surface area contributed by atoms with Gasteiger partial charge < -0.3 is 40.4 Å². The number of nitrogens with zero attached hydrogens (tertiary/aromatic N) is 2. The normalized spacial score (nSPS) is 14.1. The van der Waals surface area contributed by atoms with Crippen LogP contribution in [0.4, 0.5) is 16.2 Å². The van der Waals surface area contributed by atoms with Crippen LogP contribution in [0.2, 0.25) is 0 Å². The molecule has 13 heteroatoms. The van der Waals surface area contributed by atoms with E-state index in [0.29, 0.717) is 54.5 Å². The highest BCUT2D eigenvalue weighted by Crippen LogP contribution is 2.30. The number of amides is 3. The predicted octanol–water partition coefficient (Wildman–Crippen LogP) is 7.21. The number of aromatic hydroxyl groups is 1. The van der Waals surface area contributed by atoms with Gasteiger partial charge in [0.1, 0.15) is 11.9 Å². The van der Waals surface area contributed by atoms with Gasteiger partial charge in [-0.25, -0.2) is 4.79 Å². The number of pyridine rings is 1. The molecule has 63 heavy (non-hydrogen) atoms. The molecule has 1 aromatic heterocycles. The van der Waals surface area contributed by atoms with Crippen molar-refractivity contribution in [2.75, 3.05) is 43.4 Å². The van der Waals surface area contributed by atoms with Crippen LogP contribution in [-0.4, -0.2) is 77.3 Å². The van der Waals surface area contributed by atoms with E-state index in [1.54, 1.807) is 24.1 Å². The highest BCUT2D eigenvalue weighted by Gasteiger charge is 2.24. The Kier molecular flexibility index (Phi) is 14.6. The van der Waals surface area contributed by atoms with Gasteiger partial charge in [0.15, 0.2) is 0 Å². The molecule has 1 saturated heterocycles. The van der Waals surface area contributed by atoms with Crippen LogP contribution >= 0.6 is 0 Å². The summed E-state index contributed by atoms with van der Waals surface area (Å²) in [6, 6.07) is 38.9. The van der Waals surface area contributed by atoms with Crippen LogP contribution in [0.5, 0.6) is 5.75 Å². The lowest BCUT2D eigenvalue weighted by atomic mass is 10.0. The van der Waals surface area contributed by atoms with Crippen molar-refractivity contribution in [3.05, 3.63) is 160 Å². The number of aliphatic hydroxyl groups is 1. The molecule has 326 valence electrons. The van der Waals surface area contributed by atoms with E-state index in [0.717, 1.165) is 46.6 Å². The molecule has 1 aliphatic rings. The first-order valence-electron chi connectivity index (χ1n) is 21.3. The number of hydrogen-bond acceptors (Lipinski definition) is 9. The van der Waals surface area contributed by atoms with Crippen LogP contribution in [-0.2, 0) is 27.3 Å². The number of hydrogen-bond donors (Lipinski definition) is 6. The zero-order chi connectivity index (χ0) is 44.3. The van der Waals surface area contributed by atoms with Crippen LogP contribution in [0.3, 0.4) is 0 Å². The standard InChI is InChI=1S/C50H54N6O7/c1-33(51-32-45(58)41-20-22-44(57)49-42(41)21-23-46(59)54-49)36-16-12-35(13-17-36)31-52-47(60)30-34-14-18-38(19-15-34)55(2)48(61)26-29-56-27-24-39(25-28-56)63-50(62)53-43-11-7-6-10-40(43)37-8-4-3-5-9-37/h3-23,33,39,45,51,57-58H,24-32H2,1-2H3,(H,52,60)(H,53,62)(H,54,59)/t33?,45-/m0/s1. The summed E-state index contributed by atoms with van der Waals surface area (Å²) in [7, 11) is 1.76. The van der Waals surface area contributed by atoms with Crippen molar-refractivity contribution in [2.24, 2.45) is 0 Å². The second kappa shape index (κ2) is 20.8. The number of carbonyl (C=O) groups excluding carboxylic acids is 3. The first-order chi connectivity index (χ1) is 30.5. The quantitative estimate of drug-likeness (QED) is 0.0588. The average molecular weight is 851 g/mol. The van der Waals surface area contributed by atoms with E-state index >= 15 is 0 Å². The number of benzene rings is 5. The van der Waals surface area contributed by atoms with E-state index in [1.165, 1.54) is 12.1 Å². The number of ether oxygens (including phenoxy) is 1. The summed E-state index contributed by atoms with van der Waals surface area (Å²) in [5.74, 6) is -0.180. The number of fused-ring (bicyclic) bond motifs is 1. The Morgan fingerprint density at radius 3 is 2.30 bits per heavy atom. The Hall–Kier alpha value is -6.80. The minimum atomic E-state index is -0.872. The van der Waals surface area contributed by atoms with E-state index < -0.39 is 12.2 Å². The highest BCUT2D eigenvalue weighted by molar-refractivity contribution is 5.93. The SMILES string of the molecule is CC(NC[C@H](O)c1ccc(O)c2[nH]c(=O)ccc12)c1ccc(CNC(=O)Cc2ccc(N(C)C(=O)CCN3CCC(OC(=O)Nc4ccccc4-c4ccccc4)CC3)cc2)cc1. The van der Waals surface area contributed by atoms with E-state index in [1.807, 2.05) is 110 Å². The topological polar surface area (TPSA) is 176 Å². The number of nitrogens with one attached hydrogen (secondary N) is 4. The predicted molar refractivity (Wildman–Crippen MR) is 246 cm³/mol. The first kappa shape index (κ1) is 44.3. The second-order valence-electron chi connectivity index (χ2n) is 16.0. The van der Waals surface area contributed by atoms with Gasteiger partial charge >= 0.3 is 6.09 Å². The van der Waals surface area contributed by atoms with Crippen molar-refractivity contribution in [1.29, 1.82) is 0 Å². The van der Waals surface area contributed by atoms with Gasteiger partial charge in [0.05, 0.1) is 23.7 Å². The Bertz CT molecular complexity index is 2560. The number of aliphatic hydroxyl groups excluding tert-OH is 1. The first-order valence-corrected chi connectivity index (χ1v) is 21.3. The van der Waals surface area contributed by atoms with E-state index in [4.69, 9.17) is 4.74 Å². The van der Waals surface area contributed by atoms with E-state index in [-0.39, 0.29) is 48.2 Å². The van der Waals surface area contributed by atoms with Crippen LogP contribution in [0.1, 0.15) is 60.6 Å². The van der Waals surface area contributed by atoms with Crippen molar-refractivity contribution in [1.82, 2.24) is 20.5 Å². The zero-order valence-electron chi connectivity index (χ0n) is 35.6. The Labute approximate surface area is 366 Å². The third-order valence-corrected chi connectivity index (χ3v) is 11.6. The fourth-order valence-electron chi connectivity index (χ4n) is 7.84. The fourth-order valence-corrected chi connectivity index (χ4v) is 7.84. The molecule has 0 radical (unpaired) electrons. The Morgan fingerprint density at radius 2 is 1.56 bits per heavy atom. The maximum Gasteiger partial charge on any atom is 0.411 e. The number of aromatic nitrogens is 1. The van der Waals surface area contributed by atoms with Gasteiger partial charge in [-0.2, -0.15) is 0 Å². The summed E-state index contributed by atoms with van der Waals surface area (Å²) < 4.78 is 5.77. The number of aromatic amines is 1. The maximum atomic E-state index is 13.1. The molecule has 2 heterocycles. The number of H-pyrrole nitrogens is 1. The third kappa shape index (κ3) is 11.8. The van der Waals surface area contributed by atoms with Crippen molar-refractivity contribution in [2.45, 2.75) is 57.4 Å². The molecule has 7 rings (SSSR count). The number of likely N-dealkylation sites (tertiary alicyclic amines) is 1. The lowest BCUT2D eigenvalue weighted by Gasteiger charge is -2.31. The molecule has 13 nitrogen and oxygen atoms in total. The highest BCUT2D eigenvalue weighted by atomic mass is 16.6. The van der Waals surface area contributed by atoms with Crippen molar-refractivity contribution in [3.63, 3.8) is 0 Å². The molecule has 3 amide bonds. The Balaban J connectivity index is 0.788. The number of piperidine rings is 1. The molecular weight excluding hydrogens is 797 g/mol. The molecule has 6 aromatic rings. The second-order valence-corrected chi connectivity index (χ2v) is 16.0. The summed E-state index contributed by atoms with van der Waals surface area (Å²) in [6.07, 6.45) is 0.405. The van der Waals surface area contributed by atoms with Gasteiger partial charge in [0.25, 0.3) is 0 Å². The summed E-state index contributed by atoms with van der Waals surface area (Å²) in [4.78, 5) is 57.0. The number of carbonyl (C=O) groups is 3. The summed E-state index contributed by atoms with van der Waals surface area (Å²) in [5, 5.41) is 30.9. The van der Waals surface area contributed by atoms with Crippen LogP contribution in [0, 0.1) is 0 Å². The molecule has 1 unspecified atom stereocenters. The molecule has 1 fully saturated rings. The number of rotatable bonds is 16. The molecule has 0 bridgehead atoms. The van der Waals surface area contributed by atoms with Gasteiger partial charge in [-0.1, -0.05) is 91.0 Å². The van der Waals surface area contributed by atoms with Gasteiger partial charge in [0, 0.05) is 74.9 Å². The number of anilines is 2. The molecule has 5 aromatic carbocycles. The maximum absolute atomic E-state index is 13.1. The summed E-state index contributed by atoms with van der Waals surface area (Å²) in [6.45, 7) is 4.69. The zero-order valence-corrected chi connectivity index (χ0v) is 35.6. The molecule has 0 saturated carbocycles. The molecule has 6 N–H and O–H groups in total. The monoisotopic (exact) mass is 850 g/mol. The molecule has 0 aliphatic carbocycles. The lowest BCUT2D eigenvalue weighted by Crippen LogP contribution is -2.40. The van der Waals surface area contributed by atoms with Crippen molar-refractivity contribution >= 4 is 40.2 Å². The largest absolute Gasteiger partial charge is 0.506 e. The molecule has 1 aliphatic heterocycles. The third-order valence-electron chi connectivity index (χ3n) is 11.6. The number of phenolic OH excluding ortho intramolecular Hbond substituents is 1. The molecule has 2 atom stereocenters. The average Bonchev–Trinajstić information content (AvgIpc) is 3.30. The Morgan fingerprint density at radius 1 is 0.857 bits per heavy atom. The molecule has 0 spiro atoms. The van der Waals surface area contributed by atoms with Crippen LogP contribution in [0.15, 0.2) is 132 Å². The minimum Gasteiger partial charge on any atom is -0.506 e. The summed E-state index contributed by atoms with van der Waals surface area (Å²) >= 11 is 0. The lowest BCUT2D eigenvalue weighted by molar-refractivity contribution is -0.120. The number of phenols is 1. The number of para-hydroxylation sites is 1. The van der Waals surface area contributed by atoms with E-state index in [2.05, 4.69) is 25.8 Å². The van der Waals surface area contributed by atoms with Gasteiger partial charge in [0.2, 0.25) is 17.4 Å².